The van der Waals surface area contributed by atoms with E-state index in [1.807, 2.05) is 19.1 Å². The molecule has 0 amide bonds. The number of hydrogen-bond donors (Lipinski definition) is 2. The number of hydrogen-bond acceptors (Lipinski definition) is 3. The Morgan fingerprint density at radius 1 is 1.32 bits per heavy atom. The molecule has 0 saturated carbocycles. The van der Waals surface area contributed by atoms with E-state index in [-0.39, 0.29) is 0 Å². The molecule has 0 aliphatic heterocycles. The highest BCUT2D eigenvalue weighted by Gasteiger charge is 2.12. The van der Waals surface area contributed by atoms with Gasteiger partial charge in [-0.3, -0.25) is 0 Å². The van der Waals surface area contributed by atoms with E-state index in [9.17, 15) is 4.79 Å². The van der Waals surface area contributed by atoms with Crippen LogP contribution in [0.25, 0.3) is 0 Å². The van der Waals surface area contributed by atoms with Gasteiger partial charge in [0, 0.05) is 19.2 Å². The van der Waals surface area contributed by atoms with Crippen LogP contribution in [0.3, 0.4) is 0 Å². The molecule has 4 heteroatoms. The van der Waals surface area contributed by atoms with Crippen LogP contribution in [0.5, 0.6) is 0 Å². The second-order valence-corrected chi connectivity index (χ2v) is 4.89. The van der Waals surface area contributed by atoms with Gasteiger partial charge in [-0.2, -0.15) is 0 Å². The van der Waals surface area contributed by atoms with Crippen LogP contribution in [0.1, 0.15) is 36.7 Å². The highest BCUT2D eigenvalue weighted by Crippen LogP contribution is 2.07. The predicted octanol–water partition coefficient (Wildman–Crippen LogP) is 2.54. The smallest absolute Gasteiger partial charge is 0.335 e. The normalized spacial score (nSPS) is 12.6. The van der Waals surface area contributed by atoms with Crippen molar-refractivity contribution in [3.8, 4) is 0 Å². The predicted molar refractivity (Wildman–Crippen MR) is 75.4 cm³/mol. The van der Waals surface area contributed by atoms with Gasteiger partial charge in [0.15, 0.2) is 0 Å². The van der Waals surface area contributed by atoms with E-state index < -0.39 is 5.97 Å². The van der Waals surface area contributed by atoms with Crippen molar-refractivity contribution >= 4 is 5.97 Å². The molecule has 1 rings (SSSR count). The SMILES string of the molecule is CCOCC(NCc1ccc(C(=O)O)cc1)C(C)C. The van der Waals surface area contributed by atoms with Gasteiger partial charge in [0.2, 0.25) is 0 Å². The highest BCUT2D eigenvalue weighted by atomic mass is 16.5. The molecule has 2 N–H and O–H groups in total. The van der Waals surface area contributed by atoms with Crippen LogP contribution in [0.15, 0.2) is 24.3 Å². The van der Waals surface area contributed by atoms with Crippen molar-refractivity contribution < 1.29 is 14.6 Å². The number of benzene rings is 1. The van der Waals surface area contributed by atoms with Gasteiger partial charge >= 0.3 is 5.97 Å². The summed E-state index contributed by atoms with van der Waals surface area (Å²) in [6.45, 7) is 8.44. The van der Waals surface area contributed by atoms with Gasteiger partial charge in [0.25, 0.3) is 0 Å². The fourth-order valence-corrected chi connectivity index (χ4v) is 1.75. The molecule has 1 aromatic rings. The lowest BCUT2D eigenvalue weighted by molar-refractivity contribution is 0.0697. The molecule has 1 atom stereocenters. The number of carboxylic acids is 1. The number of ether oxygens (including phenoxy) is 1. The first-order valence-electron chi connectivity index (χ1n) is 6.68. The number of rotatable bonds is 8. The zero-order valence-corrected chi connectivity index (χ0v) is 11.8. The van der Waals surface area contributed by atoms with E-state index in [0.717, 1.165) is 18.7 Å². The molecule has 0 fully saturated rings. The molecule has 0 bridgehead atoms. The first-order chi connectivity index (χ1) is 9.04. The molecule has 0 aliphatic rings. The maximum Gasteiger partial charge on any atom is 0.335 e. The zero-order chi connectivity index (χ0) is 14.3. The minimum atomic E-state index is -0.893. The summed E-state index contributed by atoms with van der Waals surface area (Å²) >= 11 is 0. The molecule has 0 aliphatic carbocycles. The Bertz CT molecular complexity index is 387. The summed E-state index contributed by atoms with van der Waals surface area (Å²) in [4.78, 5) is 10.8. The molecule has 0 saturated heterocycles. The molecule has 0 heterocycles. The van der Waals surface area contributed by atoms with Crippen LogP contribution in [0.2, 0.25) is 0 Å². The monoisotopic (exact) mass is 265 g/mol. The highest BCUT2D eigenvalue weighted by molar-refractivity contribution is 5.87. The van der Waals surface area contributed by atoms with E-state index in [0.29, 0.717) is 24.1 Å². The van der Waals surface area contributed by atoms with Crippen LogP contribution >= 0.6 is 0 Å². The Morgan fingerprint density at radius 3 is 2.42 bits per heavy atom. The van der Waals surface area contributed by atoms with Crippen molar-refractivity contribution in [3.63, 3.8) is 0 Å². The molecular formula is C15H23NO3. The Hall–Kier alpha value is -1.39. The lowest BCUT2D eigenvalue weighted by Gasteiger charge is -2.22. The number of carboxylic acid groups (broad SMARTS) is 1. The third-order valence-corrected chi connectivity index (χ3v) is 3.08. The minimum absolute atomic E-state index is 0.305. The first-order valence-corrected chi connectivity index (χ1v) is 6.68. The van der Waals surface area contributed by atoms with Crippen molar-refractivity contribution in [1.29, 1.82) is 0 Å². The second kappa shape index (κ2) is 7.92. The maximum atomic E-state index is 10.8. The summed E-state index contributed by atoms with van der Waals surface area (Å²) in [5.74, 6) is -0.402. The van der Waals surface area contributed by atoms with Gasteiger partial charge in [0.1, 0.15) is 0 Å². The Labute approximate surface area is 114 Å². The van der Waals surface area contributed by atoms with Gasteiger partial charge in [-0.1, -0.05) is 26.0 Å². The lowest BCUT2D eigenvalue weighted by Crippen LogP contribution is -2.37. The third kappa shape index (κ3) is 5.41. The number of aromatic carboxylic acids is 1. The summed E-state index contributed by atoms with van der Waals surface area (Å²) in [7, 11) is 0. The molecule has 19 heavy (non-hydrogen) atoms. The number of carbonyl (C=O) groups is 1. The largest absolute Gasteiger partial charge is 0.478 e. The van der Waals surface area contributed by atoms with E-state index in [2.05, 4.69) is 19.2 Å². The fraction of sp³-hybridized carbons (Fsp3) is 0.533. The van der Waals surface area contributed by atoms with Gasteiger partial charge < -0.3 is 15.2 Å². The van der Waals surface area contributed by atoms with Gasteiger partial charge in [-0.25, -0.2) is 4.79 Å². The van der Waals surface area contributed by atoms with E-state index >= 15 is 0 Å². The molecule has 106 valence electrons. The summed E-state index contributed by atoms with van der Waals surface area (Å²) in [6.07, 6.45) is 0. The Kier molecular flexibility index (Phi) is 6.53. The quantitative estimate of drug-likeness (QED) is 0.758. The second-order valence-electron chi connectivity index (χ2n) is 4.89. The van der Waals surface area contributed by atoms with Crippen LogP contribution in [-0.4, -0.2) is 30.3 Å². The topological polar surface area (TPSA) is 58.6 Å². The van der Waals surface area contributed by atoms with Crippen LogP contribution in [-0.2, 0) is 11.3 Å². The third-order valence-electron chi connectivity index (χ3n) is 3.08. The average Bonchev–Trinajstić information content (AvgIpc) is 2.39. The van der Waals surface area contributed by atoms with Gasteiger partial charge in [-0.15, -0.1) is 0 Å². The van der Waals surface area contributed by atoms with Crippen molar-refractivity contribution in [2.75, 3.05) is 13.2 Å². The molecule has 0 radical (unpaired) electrons. The van der Waals surface area contributed by atoms with Crippen molar-refractivity contribution in [2.24, 2.45) is 5.92 Å². The first kappa shape index (κ1) is 15.7. The molecule has 0 aromatic heterocycles. The maximum absolute atomic E-state index is 10.8. The number of nitrogens with one attached hydrogen (secondary N) is 1. The van der Waals surface area contributed by atoms with Crippen LogP contribution in [0, 0.1) is 5.92 Å². The molecule has 4 nitrogen and oxygen atoms in total. The van der Waals surface area contributed by atoms with Crippen LogP contribution < -0.4 is 5.32 Å². The summed E-state index contributed by atoms with van der Waals surface area (Å²) in [5.41, 5.74) is 1.39. The minimum Gasteiger partial charge on any atom is -0.478 e. The molecule has 1 aromatic carbocycles. The van der Waals surface area contributed by atoms with Crippen LogP contribution in [0.4, 0.5) is 0 Å². The zero-order valence-electron chi connectivity index (χ0n) is 11.8. The summed E-state index contributed by atoms with van der Waals surface area (Å²) < 4.78 is 5.46. The molecule has 1 unspecified atom stereocenters. The Morgan fingerprint density at radius 2 is 1.95 bits per heavy atom. The fourth-order valence-electron chi connectivity index (χ4n) is 1.75. The van der Waals surface area contributed by atoms with E-state index in [1.54, 1.807) is 12.1 Å². The van der Waals surface area contributed by atoms with Gasteiger partial charge in [-0.05, 0) is 30.5 Å². The van der Waals surface area contributed by atoms with E-state index in [4.69, 9.17) is 9.84 Å². The van der Waals surface area contributed by atoms with Crippen molar-refractivity contribution in [1.82, 2.24) is 5.32 Å². The lowest BCUT2D eigenvalue weighted by atomic mass is 10.0. The standard InChI is InChI=1S/C15H23NO3/c1-4-19-10-14(11(2)3)16-9-12-5-7-13(8-6-12)15(17)18/h5-8,11,14,16H,4,9-10H2,1-3H3,(H,17,18). The average molecular weight is 265 g/mol. The molecular weight excluding hydrogens is 242 g/mol. The summed E-state index contributed by atoms with van der Waals surface area (Å²) in [5, 5.41) is 12.3. The van der Waals surface area contributed by atoms with Crippen molar-refractivity contribution in [2.45, 2.75) is 33.4 Å². The Balaban J connectivity index is 2.51. The van der Waals surface area contributed by atoms with Gasteiger partial charge in [0.05, 0.1) is 12.2 Å². The summed E-state index contributed by atoms with van der Waals surface area (Å²) in [6, 6.07) is 7.25. The molecule has 0 spiro atoms. The van der Waals surface area contributed by atoms with Crippen molar-refractivity contribution in [3.05, 3.63) is 35.4 Å². The van der Waals surface area contributed by atoms with E-state index in [1.165, 1.54) is 0 Å².